The van der Waals surface area contributed by atoms with Crippen molar-refractivity contribution in [3.63, 3.8) is 0 Å². The van der Waals surface area contributed by atoms with Crippen LogP contribution in [0.1, 0.15) is 20.8 Å². The number of alkyl halides is 3. The molecule has 0 unspecified atom stereocenters. The first-order valence-corrected chi connectivity index (χ1v) is 9.61. The van der Waals surface area contributed by atoms with Crippen LogP contribution in [-0.2, 0) is 0 Å². The zero-order valence-electron chi connectivity index (χ0n) is 16.9. The number of anilines is 1. The van der Waals surface area contributed by atoms with Gasteiger partial charge in [-0.2, -0.15) is 13.2 Å². The van der Waals surface area contributed by atoms with Gasteiger partial charge in [-0.05, 0) is 35.9 Å². The maximum atomic E-state index is 14.1. The zero-order chi connectivity index (χ0) is 24.3. The fourth-order valence-corrected chi connectivity index (χ4v) is 3.15. The van der Waals surface area contributed by atoms with Crippen molar-refractivity contribution in [1.82, 2.24) is 4.98 Å². The van der Waals surface area contributed by atoms with Gasteiger partial charge >= 0.3 is 12.1 Å². The molecule has 172 valence electrons. The molecule has 0 aliphatic heterocycles. The summed E-state index contributed by atoms with van der Waals surface area (Å²) in [5.41, 5.74) is -0.287. The van der Waals surface area contributed by atoms with Crippen LogP contribution in [0.3, 0.4) is 0 Å². The van der Waals surface area contributed by atoms with Crippen molar-refractivity contribution in [3.8, 4) is 16.9 Å². The molecule has 1 N–H and O–H groups in total. The highest BCUT2D eigenvalue weighted by atomic mass is 35.5. The third kappa shape index (κ3) is 5.58. The lowest BCUT2D eigenvalue weighted by molar-refractivity contribution is -0.153. The lowest BCUT2D eigenvalue weighted by Crippen LogP contribution is -2.28. The van der Waals surface area contributed by atoms with Gasteiger partial charge in [-0.3, -0.25) is 4.79 Å². The minimum atomic E-state index is -4.67. The summed E-state index contributed by atoms with van der Waals surface area (Å²) in [6, 6.07) is 10.2. The standard InChI is InChI=1S/C22H15ClF4N2O4/c1-29(20(30)13-4-2-3-5-16(13)24)18-7-6-12(8-19(18)33-11-22(25,26)27)14-9-17(21(31)32)28-10-15(14)23/h2-10H,11H2,1H3,(H,31,32). The van der Waals surface area contributed by atoms with Crippen LogP contribution in [-0.4, -0.2) is 41.8 Å². The third-order valence-electron chi connectivity index (χ3n) is 4.51. The Morgan fingerprint density at radius 2 is 1.85 bits per heavy atom. The molecular formula is C22H15ClF4N2O4. The maximum absolute atomic E-state index is 14.1. The van der Waals surface area contributed by atoms with Gasteiger partial charge in [-0.1, -0.05) is 29.8 Å². The van der Waals surface area contributed by atoms with E-state index in [0.29, 0.717) is 0 Å². The Morgan fingerprint density at radius 3 is 2.48 bits per heavy atom. The smallest absolute Gasteiger partial charge is 0.422 e. The van der Waals surface area contributed by atoms with Crippen LogP contribution in [0.4, 0.5) is 23.2 Å². The second-order valence-electron chi connectivity index (χ2n) is 6.78. The summed E-state index contributed by atoms with van der Waals surface area (Å²) in [7, 11) is 1.26. The Balaban J connectivity index is 2.08. The fraction of sp³-hybridized carbons (Fsp3) is 0.136. The fourth-order valence-electron chi connectivity index (χ4n) is 2.94. The largest absolute Gasteiger partial charge is 0.482 e. The highest BCUT2D eigenvalue weighted by molar-refractivity contribution is 6.33. The monoisotopic (exact) mass is 482 g/mol. The first-order valence-electron chi connectivity index (χ1n) is 9.23. The van der Waals surface area contributed by atoms with Crippen molar-refractivity contribution in [2.75, 3.05) is 18.6 Å². The molecule has 1 amide bonds. The lowest BCUT2D eigenvalue weighted by atomic mass is 10.0. The molecule has 6 nitrogen and oxygen atoms in total. The summed E-state index contributed by atoms with van der Waals surface area (Å²) in [6.45, 7) is -1.66. The van der Waals surface area contributed by atoms with Crippen LogP contribution in [0.5, 0.6) is 5.75 Å². The minimum absolute atomic E-state index is 0.0466. The number of pyridine rings is 1. The van der Waals surface area contributed by atoms with E-state index in [4.69, 9.17) is 21.4 Å². The van der Waals surface area contributed by atoms with E-state index in [1.807, 2.05) is 0 Å². The van der Waals surface area contributed by atoms with Crippen molar-refractivity contribution < 1.29 is 37.0 Å². The summed E-state index contributed by atoms with van der Waals surface area (Å²) in [5, 5.41) is 9.20. The maximum Gasteiger partial charge on any atom is 0.422 e. The van der Waals surface area contributed by atoms with Gasteiger partial charge in [-0.15, -0.1) is 0 Å². The molecule has 0 radical (unpaired) electrons. The number of carboxylic acids is 1. The molecular weight excluding hydrogens is 468 g/mol. The number of rotatable bonds is 6. The number of carbonyl (C=O) groups excluding carboxylic acids is 1. The lowest BCUT2D eigenvalue weighted by Gasteiger charge is -2.22. The number of benzene rings is 2. The molecule has 0 aliphatic carbocycles. The van der Waals surface area contributed by atoms with Gasteiger partial charge in [0.05, 0.1) is 16.3 Å². The predicted octanol–water partition coefficient (Wildman–Crippen LogP) is 5.46. The van der Waals surface area contributed by atoms with Crippen molar-refractivity contribution in [1.29, 1.82) is 0 Å². The molecule has 3 aromatic rings. The van der Waals surface area contributed by atoms with Gasteiger partial charge in [0.1, 0.15) is 17.3 Å². The van der Waals surface area contributed by atoms with Gasteiger partial charge in [-0.25, -0.2) is 14.2 Å². The van der Waals surface area contributed by atoms with E-state index >= 15 is 0 Å². The van der Waals surface area contributed by atoms with Gasteiger partial charge in [0.15, 0.2) is 6.61 Å². The number of ether oxygens (including phenoxy) is 1. The Kier molecular flexibility index (Phi) is 6.87. The molecule has 1 aromatic heterocycles. The van der Waals surface area contributed by atoms with E-state index in [-0.39, 0.29) is 38.8 Å². The summed E-state index contributed by atoms with van der Waals surface area (Å²) in [5.74, 6) is -3.28. The average molecular weight is 483 g/mol. The van der Waals surface area contributed by atoms with Crippen molar-refractivity contribution >= 4 is 29.2 Å². The van der Waals surface area contributed by atoms with Crippen LogP contribution in [0, 0.1) is 5.82 Å². The molecule has 2 aromatic carbocycles. The number of hydrogen-bond acceptors (Lipinski definition) is 4. The van der Waals surface area contributed by atoms with Crippen LogP contribution in [0.15, 0.2) is 54.7 Å². The Labute approximate surface area is 190 Å². The molecule has 0 fully saturated rings. The second kappa shape index (κ2) is 9.45. The quantitative estimate of drug-likeness (QED) is 0.472. The molecule has 1 heterocycles. The number of halogens is 5. The number of carboxylic acid groups (broad SMARTS) is 1. The zero-order valence-corrected chi connectivity index (χ0v) is 17.6. The normalized spacial score (nSPS) is 11.2. The molecule has 0 atom stereocenters. The molecule has 0 saturated carbocycles. The minimum Gasteiger partial charge on any atom is -0.482 e. The Hall–Kier alpha value is -3.66. The van der Waals surface area contributed by atoms with E-state index in [1.165, 1.54) is 43.4 Å². The number of aromatic nitrogens is 1. The van der Waals surface area contributed by atoms with Gasteiger partial charge in [0.2, 0.25) is 0 Å². The topological polar surface area (TPSA) is 79.7 Å². The Morgan fingerprint density at radius 1 is 1.15 bits per heavy atom. The van der Waals surface area contributed by atoms with E-state index < -0.39 is 30.5 Å². The highest BCUT2D eigenvalue weighted by Crippen LogP contribution is 2.37. The number of amides is 1. The van der Waals surface area contributed by atoms with E-state index in [9.17, 15) is 27.2 Å². The van der Waals surface area contributed by atoms with Gasteiger partial charge < -0.3 is 14.7 Å². The SMILES string of the molecule is CN(C(=O)c1ccccc1F)c1ccc(-c2cc(C(=O)O)ncc2Cl)cc1OCC(F)(F)F. The summed E-state index contributed by atoms with van der Waals surface area (Å²) in [4.78, 5) is 28.6. The van der Waals surface area contributed by atoms with Crippen molar-refractivity contribution in [3.05, 3.63) is 76.8 Å². The number of hydrogen-bond donors (Lipinski definition) is 1. The molecule has 11 heteroatoms. The summed E-state index contributed by atoms with van der Waals surface area (Å²) in [6.07, 6.45) is -3.58. The first kappa shape index (κ1) is 24.0. The number of carbonyl (C=O) groups is 2. The summed E-state index contributed by atoms with van der Waals surface area (Å²) >= 11 is 6.11. The van der Waals surface area contributed by atoms with Gasteiger partial charge in [0, 0.05) is 18.8 Å². The third-order valence-corrected chi connectivity index (χ3v) is 4.81. The Bertz CT molecular complexity index is 1220. The van der Waals surface area contributed by atoms with Crippen LogP contribution in [0.25, 0.3) is 11.1 Å². The molecule has 0 saturated heterocycles. The first-order chi connectivity index (χ1) is 15.5. The molecule has 0 spiro atoms. The van der Waals surface area contributed by atoms with Crippen LogP contribution >= 0.6 is 11.6 Å². The van der Waals surface area contributed by atoms with Crippen LogP contribution in [0.2, 0.25) is 5.02 Å². The van der Waals surface area contributed by atoms with Crippen LogP contribution < -0.4 is 9.64 Å². The van der Waals surface area contributed by atoms with Gasteiger partial charge in [0.25, 0.3) is 5.91 Å². The predicted molar refractivity (Wildman–Crippen MR) is 112 cm³/mol. The molecule has 0 bridgehead atoms. The van der Waals surface area contributed by atoms with E-state index in [2.05, 4.69) is 4.98 Å². The van der Waals surface area contributed by atoms with Crippen molar-refractivity contribution in [2.45, 2.75) is 6.18 Å². The molecule has 33 heavy (non-hydrogen) atoms. The van der Waals surface area contributed by atoms with E-state index in [0.717, 1.165) is 23.2 Å². The molecule has 3 rings (SSSR count). The average Bonchev–Trinajstić information content (AvgIpc) is 2.76. The highest BCUT2D eigenvalue weighted by Gasteiger charge is 2.30. The number of nitrogens with zero attached hydrogens (tertiary/aromatic N) is 2. The number of aromatic carboxylic acids is 1. The second-order valence-corrected chi connectivity index (χ2v) is 7.19. The van der Waals surface area contributed by atoms with E-state index in [1.54, 1.807) is 0 Å². The summed E-state index contributed by atoms with van der Waals surface area (Å²) < 4.78 is 57.5. The molecule has 0 aliphatic rings. The van der Waals surface area contributed by atoms with Crippen molar-refractivity contribution in [2.24, 2.45) is 0 Å².